The number of carbonyl (C=O) groups excluding carboxylic acids is 4. The second-order valence-corrected chi connectivity index (χ2v) is 8.97. The zero-order valence-electron chi connectivity index (χ0n) is 20.8. The molecule has 198 valence electrons. The van der Waals surface area contributed by atoms with E-state index in [1.165, 1.54) is 36.4 Å². The highest BCUT2D eigenvalue weighted by molar-refractivity contribution is 5.97. The van der Waals surface area contributed by atoms with Gasteiger partial charge in [0.25, 0.3) is 0 Å². The molecule has 0 aliphatic rings. The van der Waals surface area contributed by atoms with Crippen molar-refractivity contribution in [3.8, 4) is 0 Å². The molecule has 10 heteroatoms. The number of hydrogen-bond donors (Lipinski definition) is 5. The van der Waals surface area contributed by atoms with Crippen LogP contribution < -0.4 is 21.7 Å². The maximum atomic E-state index is 13.1. The summed E-state index contributed by atoms with van der Waals surface area (Å²) in [5.74, 6) is -3.14. The fraction of sp³-hybridized carbons (Fsp3) is 0.333. The number of aliphatic hydroxyl groups is 1. The summed E-state index contributed by atoms with van der Waals surface area (Å²) in [5.41, 5.74) is 6.70. The zero-order valence-corrected chi connectivity index (χ0v) is 20.8. The van der Waals surface area contributed by atoms with Crippen LogP contribution in [0.15, 0.2) is 60.7 Å². The van der Waals surface area contributed by atoms with E-state index in [-0.39, 0.29) is 12.3 Å². The predicted molar refractivity (Wildman–Crippen MR) is 137 cm³/mol. The van der Waals surface area contributed by atoms with Crippen molar-refractivity contribution in [3.63, 3.8) is 0 Å². The molecule has 2 aromatic rings. The molecule has 2 aromatic carbocycles. The third kappa shape index (κ3) is 10.2. The minimum atomic E-state index is -1.37. The van der Waals surface area contributed by atoms with E-state index < -0.39 is 54.2 Å². The third-order valence-corrected chi connectivity index (χ3v) is 5.40. The molecule has 0 unspecified atom stereocenters. The summed E-state index contributed by atoms with van der Waals surface area (Å²) in [6, 6.07) is 11.0. The number of benzene rings is 2. The molecule has 3 atom stereocenters. The topological polar surface area (TPSA) is 151 Å². The molecule has 0 saturated carbocycles. The van der Waals surface area contributed by atoms with Crippen LogP contribution in [0.4, 0.5) is 4.39 Å². The lowest BCUT2D eigenvalue weighted by atomic mass is 10.0. The first kappa shape index (κ1) is 29.2. The van der Waals surface area contributed by atoms with Crippen LogP contribution in [0.25, 0.3) is 6.08 Å². The molecule has 0 radical (unpaired) electrons. The summed E-state index contributed by atoms with van der Waals surface area (Å²) in [6.45, 7) is 2.98. The van der Waals surface area contributed by atoms with Gasteiger partial charge >= 0.3 is 0 Å². The van der Waals surface area contributed by atoms with Gasteiger partial charge in [0.1, 0.15) is 23.9 Å². The lowest BCUT2D eigenvalue weighted by molar-refractivity contribution is -0.133. The van der Waals surface area contributed by atoms with E-state index in [4.69, 9.17) is 5.73 Å². The van der Waals surface area contributed by atoms with Crippen LogP contribution in [-0.2, 0) is 25.6 Å². The van der Waals surface area contributed by atoms with Crippen molar-refractivity contribution in [2.45, 2.75) is 44.8 Å². The van der Waals surface area contributed by atoms with E-state index >= 15 is 0 Å². The number of nitrogens with one attached hydrogen (secondary N) is 3. The Bertz CT molecular complexity index is 1090. The first-order chi connectivity index (χ1) is 17.6. The van der Waals surface area contributed by atoms with Crippen molar-refractivity contribution in [2.24, 2.45) is 11.7 Å². The van der Waals surface area contributed by atoms with Gasteiger partial charge in [-0.05, 0) is 41.7 Å². The number of primary amides is 1. The smallest absolute Gasteiger partial charge is 0.245 e. The first-order valence-corrected chi connectivity index (χ1v) is 11.9. The van der Waals surface area contributed by atoms with E-state index in [1.54, 1.807) is 30.3 Å². The Kier molecular flexibility index (Phi) is 11.4. The molecular weight excluding hydrogens is 479 g/mol. The lowest BCUT2D eigenvalue weighted by Crippen LogP contribution is -2.58. The predicted octanol–water partition coefficient (Wildman–Crippen LogP) is 1.06. The quantitative estimate of drug-likeness (QED) is 0.254. The summed E-state index contributed by atoms with van der Waals surface area (Å²) >= 11 is 0. The third-order valence-electron chi connectivity index (χ3n) is 5.40. The molecule has 9 nitrogen and oxygen atoms in total. The highest BCUT2D eigenvalue weighted by Crippen LogP contribution is 2.08. The summed E-state index contributed by atoms with van der Waals surface area (Å²) in [4.78, 5) is 50.0. The Morgan fingerprint density at radius 2 is 1.49 bits per heavy atom. The van der Waals surface area contributed by atoms with Crippen molar-refractivity contribution in [1.29, 1.82) is 0 Å². The Morgan fingerprint density at radius 3 is 2.05 bits per heavy atom. The second-order valence-electron chi connectivity index (χ2n) is 8.97. The lowest BCUT2D eigenvalue weighted by Gasteiger charge is -2.24. The van der Waals surface area contributed by atoms with Gasteiger partial charge in [0.2, 0.25) is 23.6 Å². The highest BCUT2D eigenvalue weighted by atomic mass is 19.1. The standard InChI is InChI=1S/C27H33FN4O5/c1-17(2)14-21(25(29)35)31-27(37)23(16-33)32-26(36)22(15-19-6-4-3-5-7-19)30-24(34)13-10-18-8-11-20(28)12-9-18/h3-13,17,21-23,33H,14-16H2,1-2H3,(H2,29,35)(H,30,34)(H,31,37)(H,32,36)/b13-10+/t21-,22-,23-/m0/s1. The maximum Gasteiger partial charge on any atom is 0.245 e. The van der Waals surface area contributed by atoms with E-state index in [0.717, 1.165) is 5.56 Å². The van der Waals surface area contributed by atoms with Crippen LogP contribution in [0.3, 0.4) is 0 Å². The molecule has 0 heterocycles. The number of nitrogens with two attached hydrogens (primary N) is 1. The Morgan fingerprint density at radius 1 is 0.892 bits per heavy atom. The average Bonchev–Trinajstić information content (AvgIpc) is 2.86. The molecule has 4 amide bonds. The van der Waals surface area contributed by atoms with Gasteiger partial charge in [0, 0.05) is 12.5 Å². The van der Waals surface area contributed by atoms with E-state index in [2.05, 4.69) is 16.0 Å². The highest BCUT2D eigenvalue weighted by Gasteiger charge is 2.29. The SMILES string of the molecule is CC(C)C[C@H](NC(=O)[C@H](CO)NC(=O)[C@H](Cc1ccccc1)NC(=O)/C=C/c1ccc(F)cc1)C(N)=O. The Balaban J connectivity index is 2.13. The average molecular weight is 513 g/mol. The summed E-state index contributed by atoms with van der Waals surface area (Å²) < 4.78 is 13.1. The molecule has 0 spiro atoms. The molecule has 0 aliphatic heterocycles. The van der Waals surface area contributed by atoms with Gasteiger partial charge in [0.15, 0.2) is 0 Å². The normalized spacial score (nSPS) is 13.5. The number of halogens is 1. The van der Waals surface area contributed by atoms with Crippen molar-refractivity contribution in [2.75, 3.05) is 6.61 Å². The largest absolute Gasteiger partial charge is 0.394 e. The summed E-state index contributed by atoms with van der Waals surface area (Å²) in [7, 11) is 0. The molecule has 0 bridgehead atoms. The maximum absolute atomic E-state index is 13.1. The Hall–Kier alpha value is -4.05. The van der Waals surface area contributed by atoms with Crippen LogP contribution in [-0.4, -0.2) is 53.5 Å². The molecule has 0 aromatic heterocycles. The summed E-state index contributed by atoms with van der Waals surface area (Å²) in [5, 5.41) is 17.2. The molecule has 0 saturated heterocycles. The van der Waals surface area contributed by atoms with Gasteiger partial charge in [-0.3, -0.25) is 19.2 Å². The molecule has 0 fully saturated rings. The van der Waals surface area contributed by atoms with Crippen LogP contribution in [0.2, 0.25) is 0 Å². The minimum absolute atomic E-state index is 0.0633. The first-order valence-electron chi connectivity index (χ1n) is 11.9. The van der Waals surface area contributed by atoms with Crippen molar-refractivity contribution < 1.29 is 28.7 Å². The van der Waals surface area contributed by atoms with Crippen molar-refractivity contribution in [1.82, 2.24) is 16.0 Å². The van der Waals surface area contributed by atoms with Crippen molar-refractivity contribution in [3.05, 3.63) is 77.6 Å². The van der Waals surface area contributed by atoms with Gasteiger partial charge in [-0.15, -0.1) is 0 Å². The molecular formula is C27H33FN4O5. The van der Waals surface area contributed by atoms with Gasteiger partial charge in [0.05, 0.1) is 6.61 Å². The van der Waals surface area contributed by atoms with Gasteiger partial charge < -0.3 is 26.8 Å². The van der Waals surface area contributed by atoms with Gasteiger partial charge in [-0.2, -0.15) is 0 Å². The minimum Gasteiger partial charge on any atom is -0.394 e. The number of carbonyl (C=O) groups is 4. The fourth-order valence-corrected chi connectivity index (χ4v) is 3.48. The van der Waals surface area contributed by atoms with Gasteiger partial charge in [-0.25, -0.2) is 4.39 Å². The van der Waals surface area contributed by atoms with Crippen LogP contribution in [0.1, 0.15) is 31.4 Å². The van der Waals surface area contributed by atoms with E-state index in [1.807, 2.05) is 13.8 Å². The fourth-order valence-electron chi connectivity index (χ4n) is 3.48. The monoisotopic (exact) mass is 512 g/mol. The van der Waals surface area contributed by atoms with Crippen LogP contribution >= 0.6 is 0 Å². The number of rotatable bonds is 13. The van der Waals surface area contributed by atoms with Crippen LogP contribution in [0, 0.1) is 11.7 Å². The Labute approximate surface area is 215 Å². The summed E-state index contributed by atoms with van der Waals surface area (Å²) in [6.07, 6.45) is 3.08. The number of amides is 4. The molecule has 0 aliphatic carbocycles. The number of hydrogen-bond acceptors (Lipinski definition) is 5. The zero-order chi connectivity index (χ0) is 27.4. The van der Waals surface area contributed by atoms with Gasteiger partial charge in [-0.1, -0.05) is 56.3 Å². The van der Waals surface area contributed by atoms with Crippen molar-refractivity contribution >= 4 is 29.7 Å². The van der Waals surface area contributed by atoms with E-state index in [0.29, 0.717) is 12.0 Å². The second kappa shape index (κ2) is 14.5. The molecule has 37 heavy (non-hydrogen) atoms. The van der Waals surface area contributed by atoms with E-state index in [9.17, 15) is 28.7 Å². The molecule has 2 rings (SSSR count). The number of aliphatic hydroxyl groups excluding tert-OH is 1. The molecule has 6 N–H and O–H groups in total. The van der Waals surface area contributed by atoms with Crippen LogP contribution in [0.5, 0.6) is 0 Å².